The van der Waals surface area contributed by atoms with E-state index in [9.17, 15) is 9.59 Å². The lowest BCUT2D eigenvalue weighted by Crippen LogP contribution is -2.50. The number of morpholine rings is 1. The van der Waals surface area contributed by atoms with Gasteiger partial charge in [0, 0.05) is 17.8 Å². The van der Waals surface area contributed by atoms with Gasteiger partial charge in [-0.05, 0) is 31.4 Å². The number of Topliss-reactive ketones (excluding diaryl/α,β-unsaturated/α-hetero) is 1. The number of amides is 2. The Labute approximate surface area is 131 Å². The molecule has 1 aliphatic heterocycles. The third-order valence-corrected chi connectivity index (χ3v) is 3.75. The molecule has 1 fully saturated rings. The molecule has 0 aliphatic carbocycles. The molecule has 0 radical (unpaired) electrons. The molecule has 5 heteroatoms. The van der Waals surface area contributed by atoms with Gasteiger partial charge in [0.1, 0.15) is 0 Å². The fourth-order valence-electron chi connectivity index (χ4n) is 2.67. The quantitative estimate of drug-likeness (QED) is 0.869. The smallest absolute Gasteiger partial charge is 0.322 e. The molecule has 5 nitrogen and oxygen atoms in total. The summed E-state index contributed by atoms with van der Waals surface area (Å²) in [5.41, 5.74) is 1.24. The summed E-state index contributed by atoms with van der Waals surface area (Å²) in [5.74, 6) is 0.489. The Morgan fingerprint density at radius 3 is 2.86 bits per heavy atom. The highest BCUT2D eigenvalue weighted by Crippen LogP contribution is 2.18. The van der Waals surface area contributed by atoms with Gasteiger partial charge in [-0.3, -0.25) is 4.79 Å². The average Bonchev–Trinajstić information content (AvgIpc) is 2.47. The molecule has 0 saturated carbocycles. The van der Waals surface area contributed by atoms with Gasteiger partial charge in [0.15, 0.2) is 5.78 Å². The standard InChI is InChI=1S/C17H24N2O3/c1-12(2)9-16-11-22-8-7-19(16)17(21)18-15-6-4-5-14(10-15)13(3)20/h4-6,10,12,16H,7-9,11H2,1-3H3,(H,18,21). The number of benzene rings is 1. The van der Waals surface area contributed by atoms with Crippen LogP contribution in [-0.4, -0.2) is 42.5 Å². The van der Waals surface area contributed by atoms with Gasteiger partial charge in [0.2, 0.25) is 0 Å². The second-order valence-corrected chi connectivity index (χ2v) is 6.12. The number of nitrogens with one attached hydrogen (secondary N) is 1. The fourth-order valence-corrected chi connectivity index (χ4v) is 2.67. The first-order chi connectivity index (χ1) is 10.5. The van der Waals surface area contributed by atoms with Crippen LogP contribution in [0.15, 0.2) is 24.3 Å². The van der Waals surface area contributed by atoms with Crippen LogP contribution < -0.4 is 5.32 Å². The zero-order chi connectivity index (χ0) is 16.1. The fraction of sp³-hybridized carbons (Fsp3) is 0.529. The molecule has 1 unspecified atom stereocenters. The predicted molar refractivity (Wildman–Crippen MR) is 86.2 cm³/mol. The van der Waals surface area contributed by atoms with Crippen molar-refractivity contribution >= 4 is 17.5 Å². The number of urea groups is 1. The van der Waals surface area contributed by atoms with E-state index in [1.54, 1.807) is 24.3 Å². The lowest BCUT2D eigenvalue weighted by molar-refractivity contribution is 0.00857. The summed E-state index contributed by atoms with van der Waals surface area (Å²) >= 11 is 0. The number of hydrogen-bond donors (Lipinski definition) is 1. The van der Waals surface area contributed by atoms with Crippen molar-refractivity contribution < 1.29 is 14.3 Å². The van der Waals surface area contributed by atoms with E-state index in [4.69, 9.17) is 4.74 Å². The Hall–Kier alpha value is -1.88. The number of carbonyl (C=O) groups excluding carboxylic acids is 2. The number of nitrogens with zero attached hydrogens (tertiary/aromatic N) is 1. The van der Waals surface area contributed by atoms with Gasteiger partial charge >= 0.3 is 6.03 Å². The highest BCUT2D eigenvalue weighted by Gasteiger charge is 2.27. The molecule has 0 aromatic heterocycles. The molecule has 0 bridgehead atoms. The molecule has 2 amide bonds. The van der Waals surface area contributed by atoms with Gasteiger partial charge < -0.3 is 15.0 Å². The summed E-state index contributed by atoms with van der Waals surface area (Å²) < 4.78 is 5.50. The molecule has 22 heavy (non-hydrogen) atoms. The van der Waals surface area contributed by atoms with Crippen molar-refractivity contribution in [3.05, 3.63) is 29.8 Å². The maximum absolute atomic E-state index is 12.5. The van der Waals surface area contributed by atoms with Crippen LogP contribution in [-0.2, 0) is 4.74 Å². The summed E-state index contributed by atoms with van der Waals surface area (Å²) in [6, 6.07) is 6.99. The molecular formula is C17H24N2O3. The summed E-state index contributed by atoms with van der Waals surface area (Å²) in [7, 11) is 0. The zero-order valence-electron chi connectivity index (χ0n) is 13.5. The number of rotatable bonds is 4. The normalized spacial score (nSPS) is 18.4. The van der Waals surface area contributed by atoms with Gasteiger partial charge in [0.25, 0.3) is 0 Å². The van der Waals surface area contributed by atoms with Crippen LogP contribution in [0.3, 0.4) is 0 Å². The van der Waals surface area contributed by atoms with E-state index >= 15 is 0 Å². The number of ether oxygens (including phenoxy) is 1. The van der Waals surface area contributed by atoms with Crippen molar-refractivity contribution in [2.45, 2.75) is 33.2 Å². The van der Waals surface area contributed by atoms with Crippen molar-refractivity contribution in [2.24, 2.45) is 5.92 Å². The molecule has 1 aliphatic rings. The van der Waals surface area contributed by atoms with Crippen LogP contribution in [0.4, 0.5) is 10.5 Å². The van der Waals surface area contributed by atoms with E-state index < -0.39 is 0 Å². The molecule has 1 heterocycles. The van der Waals surface area contributed by atoms with Gasteiger partial charge in [-0.25, -0.2) is 4.79 Å². The zero-order valence-corrected chi connectivity index (χ0v) is 13.5. The maximum atomic E-state index is 12.5. The minimum atomic E-state index is -0.130. The molecule has 1 atom stereocenters. The Morgan fingerprint density at radius 2 is 2.18 bits per heavy atom. The third kappa shape index (κ3) is 4.31. The van der Waals surface area contributed by atoms with Crippen LogP contribution in [0.5, 0.6) is 0 Å². The van der Waals surface area contributed by atoms with Crippen molar-refractivity contribution in [3.63, 3.8) is 0 Å². The maximum Gasteiger partial charge on any atom is 0.322 e. The Balaban J connectivity index is 2.06. The van der Waals surface area contributed by atoms with Crippen molar-refractivity contribution in [1.29, 1.82) is 0 Å². The second-order valence-electron chi connectivity index (χ2n) is 6.12. The largest absolute Gasteiger partial charge is 0.377 e. The molecule has 2 rings (SSSR count). The van der Waals surface area contributed by atoms with E-state index in [2.05, 4.69) is 19.2 Å². The number of carbonyl (C=O) groups is 2. The number of anilines is 1. The molecular weight excluding hydrogens is 280 g/mol. The van der Waals surface area contributed by atoms with Crippen molar-refractivity contribution in [3.8, 4) is 0 Å². The molecule has 1 aromatic carbocycles. The van der Waals surface area contributed by atoms with Gasteiger partial charge in [-0.15, -0.1) is 0 Å². The highest BCUT2D eigenvalue weighted by atomic mass is 16.5. The lowest BCUT2D eigenvalue weighted by atomic mass is 10.0. The van der Waals surface area contributed by atoms with Crippen LogP contribution in [0, 0.1) is 5.92 Å². The SMILES string of the molecule is CC(=O)c1cccc(NC(=O)N2CCOCC2CC(C)C)c1. The second kappa shape index (κ2) is 7.40. The summed E-state index contributed by atoms with van der Waals surface area (Å²) in [4.78, 5) is 25.8. The third-order valence-electron chi connectivity index (χ3n) is 3.75. The topological polar surface area (TPSA) is 58.6 Å². The first kappa shape index (κ1) is 16.5. The summed E-state index contributed by atoms with van der Waals surface area (Å²) in [6.45, 7) is 7.54. The van der Waals surface area contributed by atoms with Crippen molar-refractivity contribution in [2.75, 3.05) is 25.1 Å². The van der Waals surface area contributed by atoms with Crippen LogP contribution >= 0.6 is 0 Å². The molecule has 1 saturated heterocycles. The molecule has 1 aromatic rings. The predicted octanol–water partition coefficient (Wildman–Crippen LogP) is 3.17. The van der Waals surface area contributed by atoms with Crippen LogP contribution in [0.2, 0.25) is 0 Å². The Kier molecular flexibility index (Phi) is 5.55. The lowest BCUT2D eigenvalue weighted by Gasteiger charge is -2.36. The minimum Gasteiger partial charge on any atom is -0.377 e. The monoisotopic (exact) mass is 304 g/mol. The number of hydrogen-bond acceptors (Lipinski definition) is 3. The van der Waals surface area contributed by atoms with E-state index in [1.165, 1.54) is 6.92 Å². The molecule has 1 N–H and O–H groups in total. The van der Waals surface area contributed by atoms with Gasteiger partial charge in [-0.2, -0.15) is 0 Å². The van der Waals surface area contributed by atoms with Crippen LogP contribution in [0.25, 0.3) is 0 Å². The van der Waals surface area contributed by atoms with Gasteiger partial charge in [-0.1, -0.05) is 26.0 Å². The van der Waals surface area contributed by atoms with Crippen molar-refractivity contribution in [1.82, 2.24) is 4.90 Å². The average molecular weight is 304 g/mol. The van der Waals surface area contributed by atoms with Crippen LogP contribution in [0.1, 0.15) is 37.6 Å². The summed E-state index contributed by atoms with van der Waals surface area (Å²) in [5, 5.41) is 2.89. The van der Waals surface area contributed by atoms with E-state index in [-0.39, 0.29) is 17.9 Å². The Morgan fingerprint density at radius 1 is 1.41 bits per heavy atom. The van der Waals surface area contributed by atoms with E-state index in [0.717, 1.165) is 6.42 Å². The molecule has 120 valence electrons. The van der Waals surface area contributed by atoms with Gasteiger partial charge in [0.05, 0.1) is 19.3 Å². The highest BCUT2D eigenvalue weighted by molar-refractivity contribution is 5.96. The summed E-state index contributed by atoms with van der Waals surface area (Å²) in [6.07, 6.45) is 0.918. The number of ketones is 1. The minimum absolute atomic E-state index is 0.0137. The van der Waals surface area contributed by atoms with E-state index in [0.29, 0.717) is 36.9 Å². The molecule has 0 spiro atoms. The Bertz CT molecular complexity index is 542. The first-order valence-corrected chi connectivity index (χ1v) is 7.73. The first-order valence-electron chi connectivity index (χ1n) is 7.73. The van der Waals surface area contributed by atoms with E-state index in [1.807, 2.05) is 4.90 Å².